The third kappa shape index (κ3) is 3.42. The number of rotatable bonds is 3. The van der Waals surface area contributed by atoms with Gasteiger partial charge in [-0.2, -0.15) is 0 Å². The predicted octanol–water partition coefficient (Wildman–Crippen LogP) is 3.79. The minimum Gasteiger partial charge on any atom is -0.322 e. The molecule has 1 amide bonds. The van der Waals surface area contributed by atoms with Crippen LogP contribution in [0, 0.1) is 0 Å². The number of benzene rings is 2. The van der Waals surface area contributed by atoms with Crippen LogP contribution >= 0.6 is 11.6 Å². The van der Waals surface area contributed by atoms with E-state index in [2.05, 4.69) is 5.32 Å². The Hall–Kier alpha value is -2.13. The van der Waals surface area contributed by atoms with Crippen LogP contribution in [0.5, 0.6) is 0 Å². The summed E-state index contributed by atoms with van der Waals surface area (Å²) in [5.41, 5.74) is 1.76. The maximum Gasteiger partial charge on any atom is 0.255 e. The van der Waals surface area contributed by atoms with Gasteiger partial charge in [0.2, 0.25) is 0 Å². The van der Waals surface area contributed by atoms with Crippen LogP contribution in [0.15, 0.2) is 48.5 Å². The second-order valence-corrected chi connectivity index (χ2v) is 4.53. The first kappa shape index (κ1) is 13.3. The van der Waals surface area contributed by atoms with Crippen molar-refractivity contribution in [3.05, 3.63) is 64.7 Å². The van der Waals surface area contributed by atoms with Crippen molar-refractivity contribution < 1.29 is 9.59 Å². The van der Waals surface area contributed by atoms with E-state index in [1.807, 2.05) is 0 Å². The summed E-state index contributed by atoms with van der Waals surface area (Å²) in [5.74, 6) is -0.248. The molecule has 0 aliphatic heterocycles. The summed E-state index contributed by atoms with van der Waals surface area (Å²) in [6, 6.07) is 13.4. The number of halogens is 1. The quantitative estimate of drug-likeness (QED) is 0.865. The predicted molar refractivity (Wildman–Crippen MR) is 75.9 cm³/mol. The van der Waals surface area contributed by atoms with E-state index in [1.165, 1.54) is 6.92 Å². The second-order valence-electron chi connectivity index (χ2n) is 4.09. The molecule has 0 atom stereocenters. The van der Waals surface area contributed by atoms with Crippen molar-refractivity contribution in [3.63, 3.8) is 0 Å². The molecule has 0 aromatic heterocycles. The molecule has 0 aliphatic carbocycles. The van der Waals surface area contributed by atoms with Gasteiger partial charge in [-0.05, 0) is 43.3 Å². The molecule has 0 bridgehead atoms. The Bertz CT molecular complexity index is 603. The third-order valence-corrected chi connectivity index (χ3v) is 2.91. The van der Waals surface area contributed by atoms with Gasteiger partial charge in [0.05, 0.1) is 0 Å². The highest BCUT2D eigenvalue weighted by atomic mass is 35.5. The van der Waals surface area contributed by atoms with E-state index < -0.39 is 0 Å². The Morgan fingerprint density at radius 3 is 1.95 bits per heavy atom. The normalized spacial score (nSPS) is 10.0. The van der Waals surface area contributed by atoms with Crippen LogP contribution in [-0.4, -0.2) is 11.7 Å². The van der Waals surface area contributed by atoms with Gasteiger partial charge in [0, 0.05) is 21.8 Å². The van der Waals surface area contributed by atoms with Crippen LogP contribution in [0.4, 0.5) is 5.69 Å². The molecule has 0 fully saturated rings. The molecule has 3 nitrogen and oxygen atoms in total. The van der Waals surface area contributed by atoms with E-state index in [4.69, 9.17) is 11.6 Å². The molecule has 0 aliphatic rings. The lowest BCUT2D eigenvalue weighted by molar-refractivity contribution is 0.101. The van der Waals surface area contributed by atoms with Gasteiger partial charge in [-0.15, -0.1) is 0 Å². The number of ketones is 1. The second kappa shape index (κ2) is 5.67. The number of carbonyl (C=O) groups excluding carboxylic acids is 2. The molecule has 4 heteroatoms. The number of hydrogen-bond donors (Lipinski definition) is 1. The number of amides is 1. The molecule has 0 saturated carbocycles. The number of nitrogens with one attached hydrogen (secondary N) is 1. The van der Waals surface area contributed by atoms with Gasteiger partial charge in [-0.25, -0.2) is 0 Å². The molecule has 2 aromatic rings. The average molecular weight is 274 g/mol. The fourth-order valence-corrected chi connectivity index (χ4v) is 1.72. The van der Waals surface area contributed by atoms with Crippen molar-refractivity contribution in [3.8, 4) is 0 Å². The van der Waals surface area contributed by atoms with Gasteiger partial charge in [0.25, 0.3) is 5.91 Å². The van der Waals surface area contributed by atoms with E-state index in [9.17, 15) is 9.59 Å². The smallest absolute Gasteiger partial charge is 0.255 e. The van der Waals surface area contributed by atoms with Crippen LogP contribution < -0.4 is 5.32 Å². The Labute approximate surface area is 116 Å². The summed E-state index contributed by atoms with van der Waals surface area (Å²) in [5, 5.41) is 3.37. The van der Waals surface area contributed by atoms with Crippen molar-refractivity contribution in [2.45, 2.75) is 6.92 Å². The van der Waals surface area contributed by atoms with E-state index in [1.54, 1.807) is 48.5 Å². The Kier molecular flexibility index (Phi) is 3.97. The number of Topliss-reactive ketones (excluding diaryl/α,β-unsaturated/α-hetero) is 1. The first-order valence-corrected chi connectivity index (χ1v) is 6.12. The van der Waals surface area contributed by atoms with Crippen LogP contribution in [0.25, 0.3) is 0 Å². The molecule has 2 rings (SSSR count). The van der Waals surface area contributed by atoms with Crippen molar-refractivity contribution >= 4 is 29.0 Å². The van der Waals surface area contributed by atoms with E-state index in [0.29, 0.717) is 21.8 Å². The summed E-state index contributed by atoms with van der Waals surface area (Å²) >= 11 is 5.77. The number of anilines is 1. The number of carbonyl (C=O) groups is 2. The van der Waals surface area contributed by atoms with Crippen LogP contribution in [0.3, 0.4) is 0 Å². The topological polar surface area (TPSA) is 46.2 Å². The van der Waals surface area contributed by atoms with Crippen LogP contribution in [0.2, 0.25) is 5.02 Å². The molecule has 0 radical (unpaired) electrons. The maximum atomic E-state index is 12.0. The van der Waals surface area contributed by atoms with E-state index in [-0.39, 0.29) is 11.7 Å². The van der Waals surface area contributed by atoms with Crippen molar-refractivity contribution in [2.24, 2.45) is 0 Å². The number of hydrogen-bond acceptors (Lipinski definition) is 2. The van der Waals surface area contributed by atoms with Crippen LogP contribution in [-0.2, 0) is 0 Å². The first-order valence-electron chi connectivity index (χ1n) is 5.74. The zero-order valence-electron chi connectivity index (χ0n) is 10.3. The monoisotopic (exact) mass is 273 g/mol. The molecule has 96 valence electrons. The zero-order chi connectivity index (χ0) is 13.8. The summed E-state index contributed by atoms with van der Waals surface area (Å²) in [6.07, 6.45) is 0. The molecular weight excluding hydrogens is 262 g/mol. The zero-order valence-corrected chi connectivity index (χ0v) is 11.1. The third-order valence-electron chi connectivity index (χ3n) is 2.66. The molecule has 0 unspecified atom stereocenters. The Morgan fingerprint density at radius 1 is 0.895 bits per heavy atom. The van der Waals surface area contributed by atoms with Gasteiger partial charge in [-0.1, -0.05) is 23.7 Å². The van der Waals surface area contributed by atoms with Gasteiger partial charge in [-0.3, -0.25) is 9.59 Å². The molecule has 1 N–H and O–H groups in total. The Balaban J connectivity index is 2.11. The van der Waals surface area contributed by atoms with Gasteiger partial charge in [0.1, 0.15) is 0 Å². The first-order chi connectivity index (χ1) is 9.06. The minimum absolute atomic E-state index is 0.0235. The molecule has 0 heterocycles. The van der Waals surface area contributed by atoms with Gasteiger partial charge >= 0.3 is 0 Å². The highest BCUT2D eigenvalue weighted by molar-refractivity contribution is 6.30. The largest absolute Gasteiger partial charge is 0.322 e. The van der Waals surface area contributed by atoms with Crippen molar-refractivity contribution in [1.29, 1.82) is 0 Å². The standard InChI is InChI=1S/C15H12ClNO2/c1-10(18)11-2-4-12(5-3-11)15(19)17-14-8-6-13(16)7-9-14/h2-9H,1H3,(H,17,19). The summed E-state index contributed by atoms with van der Waals surface area (Å²) in [7, 11) is 0. The average Bonchev–Trinajstić information content (AvgIpc) is 2.41. The highest BCUT2D eigenvalue weighted by Gasteiger charge is 2.07. The van der Waals surface area contributed by atoms with Gasteiger partial charge < -0.3 is 5.32 Å². The molecule has 2 aromatic carbocycles. The summed E-state index contributed by atoms with van der Waals surface area (Å²) in [6.45, 7) is 1.49. The molecule has 0 spiro atoms. The lowest BCUT2D eigenvalue weighted by atomic mass is 10.1. The fraction of sp³-hybridized carbons (Fsp3) is 0.0667. The van der Waals surface area contributed by atoms with Crippen molar-refractivity contribution in [1.82, 2.24) is 0 Å². The minimum atomic E-state index is -0.225. The molecular formula is C15H12ClNO2. The van der Waals surface area contributed by atoms with Gasteiger partial charge in [0.15, 0.2) is 5.78 Å². The van der Waals surface area contributed by atoms with Crippen LogP contribution in [0.1, 0.15) is 27.6 Å². The maximum absolute atomic E-state index is 12.0. The fourth-order valence-electron chi connectivity index (χ4n) is 1.59. The molecule has 0 saturated heterocycles. The van der Waals surface area contributed by atoms with E-state index in [0.717, 1.165) is 0 Å². The lowest BCUT2D eigenvalue weighted by Crippen LogP contribution is -2.11. The Morgan fingerprint density at radius 2 is 1.42 bits per heavy atom. The molecule has 19 heavy (non-hydrogen) atoms. The lowest BCUT2D eigenvalue weighted by Gasteiger charge is -2.05. The van der Waals surface area contributed by atoms with E-state index >= 15 is 0 Å². The van der Waals surface area contributed by atoms with Crippen molar-refractivity contribution in [2.75, 3.05) is 5.32 Å². The highest BCUT2D eigenvalue weighted by Crippen LogP contribution is 2.14. The summed E-state index contributed by atoms with van der Waals surface area (Å²) < 4.78 is 0. The summed E-state index contributed by atoms with van der Waals surface area (Å²) in [4.78, 5) is 23.1. The SMILES string of the molecule is CC(=O)c1ccc(C(=O)Nc2ccc(Cl)cc2)cc1.